The molecule has 0 saturated carbocycles. The number of benzene rings is 4. The Bertz CT molecular complexity index is 2610. The molecule has 0 N–H and O–H groups in total. The van der Waals surface area contributed by atoms with Crippen LogP contribution in [0.25, 0.3) is 89.7 Å². The van der Waals surface area contributed by atoms with Crippen molar-refractivity contribution in [1.82, 2.24) is 44.8 Å². The van der Waals surface area contributed by atoms with E-state index in [9.17, 15) is 0 Å². The number of ether oxygens (including phenoxy) is 1. The van der Waals surface area contributed by atoms with Crippen molar-refractivity contribution in [3.05, 3.63) is 91.0 Å². The summed E-state index contributed by atoms with van der Waals surface area (Å²) in [5.41, 5.74) is 5.65. The van der Waals surface area contributed by atoms with E-state index in [1.807, 2.05) is 91.0 Å². The summed E-state index contributed by atoms with van der Waals surface area (Å²) in [7, 11) is 2.15. The molecule has 3 aliphatic heterocycles. The number of nitrogens with zero attached hydrogens (tertiary/aromatic N) is 9. The molecule has 8 bridgehead atoms. The van der Waals surface area contributed by atoms with E-state index in [0.717, 1.165) is 75.5 Å². The van der Waals surface area contributed by atoms with Gasteiger partial charge in [0.05, 0.1) is 11.6 Å². The minimum Gasteiger partial charge on any atom is -0.490 e. The molecule has 49 heavy (non-hydrogen) atoms. The van der Waals surface area contributed by atoms with Gasteiger partial charge in [-0.2, -0.15) is 0 Å². The molecule has 0 spiro atoms. The third-order valence-corrected chi connectivity index (χ3v) is 9.36. The number of rotatable bonds is 2. The Balaban J connectivity index is 0.00000325. The van der Waals surface area contributed by atoms with E-state index in [4.69, 9.17) is 44.6 Å². The Morgan fingerprint density at radius 2 is 0.959 bits per heavy atom. The molecule has 0 aliphatic carbocycles. The Morgan fingerprint density at radius 1 is 0.531 bits per heavy atom. The van der Waals surface area contributed by atoms with Crippen LogP contribution in [0.2, 0.25) is 0 Å². The molecule has 3 aliphatic rings. The summed E-state index contributed by atoms with van der Waals surface area (Å²) in [6, 6.07) is 30.0. The largest absolute Gasteiger partial charge is 2.00 e. The van der Waals surface area contributed by atoms with Gasteiger partial charge in [0, 0.05) is 57.9 Å². The molecule has 0 amide bonds. The van der Waals surface area contributed by atoms with Crippen LogP contribution < -0.4 is 14.7 Å². The minimum atomic E-state index is 0. The molecule has 10 nitrogen and oxygen atoms in total. The number of aromatic nitrogens is 8. The zero-order valence-corrected chi connectivity index (χ0v) is 29.7. The van der Waals surface area contributed by atoms with Gasteiger partial charge in [0.2, 0.25) is 0 Å². The minimum absolute atomic E-state index is 0. The van der Waals surface area contributed by atoms with E-state index in [2.05, 4.69) is 11.9 Å². The topological polar surface area (TPSA) is 118 Å². The number of piperidine rings is 1. The number of fused-ring (bicyclic) bond motifs is 20. The summed E-state index contributed by atoms with van der Waals surface area (Å²) < 4.78 is 6.49. The number of hydrogen-bond donors (Lipinski definition) is 0. The average Bonchev–Trinajstić information content (AvgIpc) is 3.85. The number of likely N-dealkylation sites (tertiary alicyclic amines) is 1. The first-order valence-corrected chi connectivity index (χ1v) is 16.1. The summed E-state index contributed by atoms with van der Waals surface area (Å²) in [6.07, 6.45) is 2.13. The van der Waals surface area contributed by atoms with E-state index in [1.54, 1.807) is 0 Å². The zero-order valence-electron chi connectivity index (χ0n) is 26.7. The van der Waals surface area contributed by atoms with Gasteiger partial charge in [0.25, 0.3) is 0 Å². The third kappa shape index (κ3) is 5.00. The average molecular weight is 691 g/mol. The summed E-state index contributed by atoms with van der Waals surface area (Å²) >= 11 is 0. The summed E-state index contributed by atoms with van der Waals surface area (Å²) in [6.45, 7) is 2.04. The van der Waals surface area contributed by atoms with E-state index in [0.29, 0.717) is 45.9 Å². The van der Waals surface area contributed by atoms with Crippen molar-refractivity contribution >= 4 is 44.1 Å². The van der Waals surface area contributed by atoms with Gasteiger partial charge in [-0.1, -0.05) is 72.8 Å². The first kappa shape index (κ1) is 29.7. The molecule has 7 aromatic rings. The predicted octanol–water partition coefficient (Wildman–Crippen LogP) is 6.60. The van der Waals surface area contributed by atoms with Crippen LogP contribution in [0, 0.1) is 0 Å². The maximum absolute atomic E-state index is 6.49. The standard InChI is InChI=1S/C38H27N9O.Zn/c1-47-18-16-21(17-19-47)48-22-14-15-29-30(20-22)38-45-36-28-13-7-6-12-27(28)34(43-36)41-32-24-9-3-2-8-23(24)31(39-32)40-33-25-10-4-5-11-26(25)35(42-33)44-37(29)46-38;/h2-15,20-21H,16-19H2,1H3;/q-2;+2. The van der Waals surface area contributed by atoms with Crippen LogP contribution in [-0.4, -0.2) is 61.0 Å². The van der Waals surface area contributed by atoms with E-state index in [1.165, 1.54) is 0 Å². The maximum atomic E-state index is 6.49. The van der Waals surface area contributed by atoms with Crippen molar-refractivity contribution < 1.29 is 24.2 Å². The molecule has 10 rings (SSSR count). The van der Waals surface area contributed by atoms with Crippen molar-refractivity contribution in [1.29, 1.82) is 0 Å². The maximum Gasteiger partial charge on any atom is 2.00 e. The quantitative estimate of drug-likeness (QED) is 0.184. The first-order chi connectivity index (χ1) is 23.6. The second-order valence-corrected chi connectivity index (χ2v) is 12.4. The van der Waals surface area contributed by atoms with E-state index in [-0.39, 0.29) is 25.6 Å². The SMILES string of the molecule is CN1CCC(Oc2ccc3c4nc5nc(nc6nc(nc7[n-]c(nc([n-]4)c3c2)c2ccccc72)-c2ccccc2-6)-c2ccccc2-5)CC1.[Zn+2]. The molecule has 1 fully saturated rings. The van der Waals surface area contributed by atoms with Crippen molar-refractivity contribution in [2.24, 2.45) is 0 Å². The summed E-state index contributed by atoms with van der Waals surface area (Å²) in [5.74, 6) is 2.95. The van der Waals surface area contributed by atoms with Gasteiger partial charge in [-0.05, 0) is 59.6 Å². The fraction of sp³-hybridized carbons (Fsp3) is 0.158. The van der Waals surface area contributed by atoms with E-state index < -0.39 is 0 Å². The summed E-state index contributed by atoms with van der Waals surface area (Å²) in [5, 5.41) is 3.45. The van der Waals surface area contributed by atoms with Crippen LogP contribution in [0.4, 0.5) is 0 Å². The smallest absolute Gasteiger partial charge is 0.490 e. The van der Waals surface area contributed by atoms with Gasteiger partial charge in [-0.15, -0.1) is 0 Å². The Morgan fingerprint density at radius 3 is 1.49 bits per heavy atom. The van der Waals surface area contributed by atoms with Crippen molar-refractivity contribution in [3.63, 3.8) is 0 Å². The molecule has 3 aromatic heterocycles. The first-order valence-electron chi connectivity index (χ1n) is 16.1. The molecule has 6 heterocycles. The van der Waals surface area contributed by atoms with E-state index >= 15 is 0 Å². The Kier molecular flexibility index (Phi) is 7.07. The van der Waals surface area contributed by atoms with Crippen LogP contribution >= 0.6 is 0 Å². The predicted molar refractivity (Wildman–Crippen MR) is 185 cm³/mol. The van der Waals surface area contributed by atoms with Gasteiger partial charge < -0.3 is 34.6 Å². The van der Waals surface area contributed by atoms with Gasteiger partial charge >= 0.3 is 19.5 Å². The fourth-order valence-electron chi connectivity index (χ4n) is 6.86. The molecule has 11 heteroatoms. The van der Waals surface area contributed by atoms with Gasteiger partial charge in [0.15, 0.2) is 11.6 Å². The van der Waals surface area contributed by atoms with Gasteiger partial charge in [-0.25, -0.2) is 15.0 Å². The normalized spacial score (nSPS) is 14.4. The molecule has 232 valence electrons. The van der Waals surface area contributed by atoms with Crippen molar-refractivity contribution in [3.8, 4) is 51.3 Å². The second-order valence-electron chi connectivity index (χ2n) is 12.4. The number of hydrogen-bond acceptors (Lipinski definition) is 8. The Hall–Kier alpha value is -5.38. The van der Waals surface area contributed by atoms with Crippen LogP contribution in [0.1, 0.15) is 12.8 Å². The van der Waals surface area contributed by atoms with Crippen LogP contribution in [0.15, 0.2) is 91.0 Å². The molecule has 0 atom stereocenters. The molecule has 1 saturated heterocycles. The van der Waals surface area contributed by atoms with Crippen molar-refractivity contribution in [2.45, 2.75) is 18.9 Å². The molecular weight excluding hydrogens is 664 g/mol. The molecule has 0 unspecified atom stereocenters. The molecule has 0 radical (unpaired) electrons. The fourth-order valence-corrected chi connectivity index (χ4v) is 6.86. The third-order valence-electron chi connectivity index (χ3n) is 9.36. The second kappa shape index (κ2) is 11.6. The Labute approximate surface area is 293 Å². The molecular formula is C38H27N9OZn. The van der Waals surface area contributed by atoms with Crippen LogP contribution in [-0.2, 0) is 19.5 Å². The summed E-state index contributed by atoms with van der Waals surface area (Å²) in [4.78, 5) is 42.3. The van der Waals surface area contributed by atoms with Gasteiger partial charge in [0.1, 0.15) is 11.9 Å². The molecule has 4 aromatic carbocycles. The van der Waals surface area contributed by atoms with Gasteiger partial charge in [-0.3, -0.25) is 0 Å². The monoisotopic (exact) mass is 689 g/mol. The van der Waals surface area contributed by atoms with Crippen molar-refractivity contribution in [2.75, 3.05) is 20.1 Å². The van der Waals surface area contributed by atoms with Crippen LogP contribution in [0.5, 0.6) is 5.75 Å². The zero-order chi connectivity index (χ0) is 31.8. The van der Waals surface area contributed by atoms with Crippen LogP contribution in [0.3, 0.4) is 0 Å².